The number of anilines is 1. The molecule has 0 aromatic carbocycles. The van der Waals surface area contributed by atoms with Gasteiger partial charge in [0.25, 0.3) is 0 Å². The van der Waals surface area contributed by atoms with Gasteiger partial charge in [0, 0.05) is 5.92 Å². The molecule has 1 saturated carbocycles. The van der Waals surface area contributed by atoms with Crippen molar-refractivity contribution in [2.24, 2.45) is 0 Å². The standard InChI is InChI=1S/C8H14N4/c1-5(2)12-8(9)10-7(11-12)6-3-4-6/h5-6H,3-4H2,1-2H3,(H2,9,10,11). The molecule has 2 rings (SSSR count). The zero-order valence-electron chi connectivity index (χ0n) is 7.49. The monoisotopic (exact) mass is 166 g/mol. The number of rotatable bonds is 2. The second-order valence-corrected chi connectivity index (χ2v) is 3.64. The Morgan fingerprint density at radius 2 is 2.17 bits per heavy atom. The van der Waals surface area contributed by atoms with E-state index in [0.717, 1.165) is 5.82 Å². The molecule has 0 saturated heterocycles. The van der Waals surface area contributed by atoms with Crippen LogP contribution in [0.25, 0.3) is 0 Å². The van der Waals surface area contributed by atoms with E-state index in [1.54, 1.807) is 4.68 Å². The largest absolute Gasteiger partial charge is 0.368 e. The van der Waals surface area contributed by atoms with Gasteiger partial charge in [-0.25, -0.2) is 4.68 Å². The third-order valence-electron chi connectivity index (χ3n) is 2.11. The quantitative estimate of drug-likeness (QED) is 0.720. The van der Waals surface area contributed by atoms with Crippen molar-refractivity contribution in [2.75, 3.05) is 5.73 Å². The molecule has 1 aromatic heterocycles. The van der Waals surface area contributed by atoms with Crippen LogP contribution in [0.5, 0.6) is 0 Å². The third kappa shape index (κ3) is 1.17. The van der Waals surface area contributed by atoms with E-state index in [4.69, 9.17) is 5.73 Å². The molecule has 0 bridgehead atoms. The number of nitrogens with two attached hydrogens (primary N) is 1. The summed E-state index contributed by atoms with van der Waals surface area (Å²) in [5.41, 5.74) is 5.70. The van der Waals surface area contributed by atoms with Gasteiger partial charge in [0.2, 0.25) is 5.95 Å². The summed E-state index contributed by atoms with van der Waals surface area (Å²) in [5, 5.41) is 4.35. The van der Waals surface area contributed by atoms with E-state index in [-0.39, 0.29) is 0 Å². The van der Waals surface area contributed by atoms with Gasteiger partial charge in [-0.05, 0) is 26.7 Å². The first kappa shape index (κ1) is 7.58. The van der Waals surface area contributed by atoms with Crippen LogP contribution < -0.4 is 5.73 Å². The lowest BCUT2D eigenvalue weighted by Crippen LogP contribution is -2.07. The minimum Gasteiger partial charge on any atom is -0.368 e. The molecule has 1 heterocycles. The predicted molar refractivity (Wildman–Crippen MR) is 46.8 cm³/mol. The lowest BCUT2D eigenvalue weighted by molar-refractivity contribution is 0.534. The number of nitrogen functional groups attached to an aromatic ring is 1. The maximum Gasteiger partial charge on any atom is 0.218 e. The van der Waals surface area contributed by atoms with Crippen LogP contribution in [0, 0.1) is 0 Å². The van der Waals surface area contributed by atoms with E-state index in [1.165, 1.54) is 12.8 Å². The molecule has 4 nitrogen and oxygen atoms in total. The molecular formula is C8H14N4. The second-order valence-electron chi connectivity index (χ2n) is 3.64. The Hall–Kier alpha value is -1.06. The Kier molecular flexibility index (Phi) is 1.56. The van der Waals surface area contributed by atoms with E-state index in [9.17, 15) is 0 Å². The summed E-state index contributed by atoms with van der Waals surface area (Å²) in [7, 11) is 0. The summed E-state index contributed by atoms with van der Waals surface area (Å²) in [6, 6.07) is 0.310. The fourth-order valence-electron chi connectivity index (χ4n) is 1.25. The summed E-state index contributed by atoms with van der Waals surface area (Å²) in [6.45, 7) is 4.11. The highest BCUT2D eigenvalue weighted by molar-refractivity contribution is 5.20. The first-order valence-electron chi connectivity index (χ1n) is 4.40. The Morgan fingerprint density at radius 3 is 2.58 bits per heavy atom. The van der Waals surface area contributed by atoms with Gasteiger partial charge in [-0.15, -0.1) is 0 Å². The normalized spacial score (nSPS) is 17.2. The van der Waals surface area contributed by atoms with Gasteiger partial charge in [0.1, 0.15) is 0 Å². The zero-order chi connectivity index (χ0) is 8.72. The van der Waals surface area contributed by atoms with Crippen LogP contribution in [0.3, 0.4) is 0 Å². The number of hydrogen-bond donors (Lipinski definition) is 1. The molecule has 1 aliphatic carbocycles. The molecule has 12 heavy (non-hydrogen) atoms. The minimum atomic E-state index is 0.310. The fraction of sp³-hybridized carbons (Fsp3) is 0.750. The topological polar surface area (TPSA) is 56.7 Å². The van der Waals surface area contributed by atoms with E-state index < -0.39 is 0 Å². The first-order chi connectivity index (χ1) is 5.68. The molecule has 0 amide bonds. The van der Waals surface area contributed by atoms with Crippen molar-refractivity contribution in [1.82, 2.24) is 14.8 Å². The molecule has 0 spiro atoms. The third-order valence-corrected chi connectivity index (χ3v) is 2.11. The van der Waals surface area contributed by atoms with Crippen LogP contribution in [0.15, 0.2) is 0 Å². The summed E-state index contributed by atoms with van der Waals surface area (Å²) in [6.07, 6.45) is 2.45. The zero-order valence-corrected chi connectivity index (χ0v) is 7.49. The van der Waals surface area contributed by atoms with Crippen molar-refractivity contribution < 1.29 is 0 Å². The molecule has 0 radical (unpaired) electrons. The summed E-state index contributed by atoms with van der Waals surface area (Å²) in [5.74, 6) is 2.07. The van der Waals surface area contributed by atoms with Crippen LogP contribution in [0.2, 0.25) is 0 Å². The number of hydrogen-bond acceptors (Lipinski definition) is 3. The molecule has 2 N–H and O–H groups in total. The van der Waals surface area contributed by atoms with Gasteiger partial charge in [-0.1, -0.05) is 0 Å². The lowest BCUT2D eigenvalue weighted by Gasteiger charge is -2.04. The van der Waals surface area contributed by atoms with Gasteiger partial charge in [0.05, 0.1) is 6.04 Å². The Morgan fingerprint density at radius 1 is 1.50 bits per heavy atom. The average molecular weight is 166 g/mol. The van der Waals surface area contributed by atoms with Crippen molar-refractivity contribution in [3.8, 4) is 0 Å². The van der Waals surface area contributed by atoms with Crippen molar-refractivity contribution in [3.63, 3.8) is 0 Å². The second kappa shape index (κ2) is 2.47. The summed E-state index contributed by atoms with van der Waals surface area (Å²) >= 11 is 0. The Bertz CT molecular complexity index is 285. The molecule has 66 valence electrons. The minimum absolute atomic E-state index is 0.310. The van der Waals surface area contributed by atoms with Crippen LogP contribution in [-0.2, 0) is 0 Å². The van der Waals surface area contributed by atoms with E-state index in [2.05, 4.69) is 23.9 Å². The maximum atomic E-state index is 5.70. The molecule has 1 fully saturated rings. The Balaban J connectivity index is 2.30. The van der Waals surface area contributed by atoms with Crippen molar-refractivity contribution in [2.45, 2.75) is 38.6 Å². The van der Waals surface area contributed by atoms with E-state index in [0.29, 0.717) is 17.9 Å². The van der Waals surface area contributed by atoms with Crippen molar-refractivity contribution in [1.29, 1.82) is 0 Å². The SMILES string of the molecule is CC(C)n1nc(C2CC2)nc1N. The van der Waals surface area contributed by atoms with Crippen LogP contribution in [0.1, 0.15) is 44.5 Å². The van der Waals surface area contributed by atoms with Gasteiger partial charge in [-0.3, -0.25) is 0 Å². The molecule has 1 aromatic rings. The van der Waals surface area contributed by atoms with Crippen LogP contribution in [-0.4, -0.2) is 14.8 Å². The van der Waals surface area contributed by atoms with Gasteiger partial charge >= 0.3 is 0 Å². The van der Waals surface area contributed by atoms with Gasteiger partial charge in [-0.2, -0.15) is 10.1 Å². The van der Waals surface area contributed by atoms with Gasteiger partial charge < -0.3 is 5.73 Å². The average Bonchev–Trinajstić information content (AvgIpc) is 2.75. The van der Waals surface area contributed by atoms with E-state index >= 15 is 0 Å². The Labute approximate surface area is 71.8 Å². The molecule has 0 unspecified atom stereocenters. The predicted octanol–water partition coefficient (Wildman–Crippen LogP) is 1.32. The summed E-state index contributed by atoms with van der Waals surface area (Å²) < 4.78 is 1.79. The smallest absolute Gasteiger partial charge is 0.218 e. The van der Waals surface area contributed by atoms with Gasteiger partial charge in [0.15, 0.2) is 5.82 Å². The number of aromatic nitrogens is 3. The molecular weight excluding hydrogens is 152 g/mol. The molecule has 0 aliphatic heterocycles. The van der Waals surface area contributed by atoms with Crippen molar-refractivity contribution >= 4 is 5.95 Å². The van der Waals surface area contributed by atoms with Crippen molar-refractivity contribution in [3.05, 3.63) is 5.82 Å². The first-order valence-corrected chi connectivity index (χ1v) is 4.40. The highest BCUT2D eigenvalue weighted by Gasteiger charge is 2.28. The molecule has 0 atom stereocenters. The van der Waals surface area contributed by atoms with Crippen LogP contribution >= 0.6 is 0 Å². The lowest BCUT2D eigenvalue weighted by atomic mass is 10.4. The maximum absolute atomic E-state index is 5.70. The fourth-order valence-corrected chi connectivity index (χ4v) is 1.25. The highest BCUT2D eigenvalue weighted by atomic mass is 15.4. The van der Waals surface area contributed by atoms with E-state index in [1.807, 2.05) is 0 Å². The molecule has 1 aliphatic rings. The van der Waals surface area contributed by atoms with Crippen LogP contribution in [0.4, 0.5) is 5.95 Å². The summed E-state index contributed by atoms with van der Waals surface area (Å²) in [4.78, 5) is 4.22. The highest BCUT2D eigenvalue weighted by Crippen LogP contribution is 2.38. The molecule has 4 heteroatoms. The number of nitrogens with zero attached hydrogens (tertiary/aromatic N) is 3.